The van der Waals surface area contributed by atoms with Crippen LogP contribution in [0.25, 0.3) is 11.4 Å². The Labute approximate surface area is 166 Å². The second kappa shape index (κ2) is 7.58. The average molecular weight is 403 g/mol. The van der Waals surface area contributed by atoms with Crippen molar-refractivity contribution in [2.24, 2.45) is 0 Å². The molecular formula is C19H16Cl2N4O2. The van der Waals surface area contributed by atoms with Gasteiger partial charge in [-0.25, -0.2) is 4.79 Å². The number of anilines is 1. The van der Waals surface area contributed by atoms with Gasteiger partial charge in [0.25, 0.3) is 0 Å². The van der Waals surface area contributed by atoms with E-state index in [-0.39, 0.29) is 12.1 Å². The van der Waals surface area contributed by atoms with Crippen LogP contribution < -0.4 is 5.32 Å². The highest BCUT2D eigenvalue weighted by atomic mass is 35.5. The Bertz CT molecular complexity index is 941. The van der Waals surface area contributed by atoms with E-state index in [4.69, 9.17) is 27.7 Å². The molecule has 1 aromatic heterocycles. The largest absolute Gasteiger partial charge is 0.337 e. The molecule has 2 amide bonds. The quantitative estimate of drug-likeness (QED) is 0.635. The summed E-state index contributed by atoms with van der Waals surface area (Å²) in [6, 6.07) is 13.7. The first-order valence-electron chi connectivity index (χ1n) is 8.53. The van der Waals surface area contributed by atoms with Gasteiger partial charge < -0.3 is 14.7 Å². The number of carbonyl (C=O) groups is 1. The summed E-state index contributed by atoms with van der Waals surface area (Å²) in [5.74, 6) is 0.912. The van der Waals surface area contributed by atoms with Crippen molar-refractivity contribution in [3.8, 4) is 11.4 Å². The van der Waals surface area contributed by atoms with Crippen molar-refractivity contribution in [1.29, 1.82) is 0 Å². The molecule has 1 unspecified atom stereocenters. The molecule has 0 bridgehead atoms. The van der Waals surface area contributed by atoms with Gasteiger partial charge in [0.05, 0.1) is 0 Å². The monoisotopic (exact) mass is 402 g/mol. The molecule has 0 aliphatic carbocycles. The summed E-state index contributed by atoms with van der Waals surface area (Å²) in [5, 5.41) is 8.19. The van der Waals surface area contributed by atoms with Crippen LogP contribution in [0.1, 0.15) is 24.8 Å². The number of rotatable bonds is 3. The molecule has 1 saturated heterocycles. The molecule has 8 heteroatoms. The summed E-state index contributed by atoms with van der Waals surface area (Å²) in [7, 11) is 0. The van der Waals surface area contributed by atoms with Crippen molar-refractivity contribution in [3.63, 3.8) is 0 Å². The fourth-order valence-corrected chi connectivity index (χ4v) is 3.33. The maximum absolute atomic E-state index is 12.7. The Morgan fingerprint density at radius 1 is 1.07 bits per heavy atom. The third kappa shape index (κ3) is 3.91. The first kappa shape index (κ1) is 17.8. The summed E-state index contributed by atoms with van der Waals surface area (Å²) >= 11 is 11.8. The third-order valence-corrected chi connectivity index (χ3v) is 4.94. The standard InChI is InChI=1S/C19H16Cl2N4O2/c20-13-5-3-12(4-6-13)17-23-18(27-24-17)16-2-1-11-25(16)19(26)22-15-9-7-14(21)8-10-15/h3-10,16H,1-2,11H2,(H,22,26). The van der Waals surface area contributed by atoms with Crippen LogP contribution in [0.5, 0.6) is 0 Å². The van der Waals surface area contributed by atoms with Crippen LogP contribution in [0.3, 0.4) is 0 Å². The Morgan fingerprint density at radius 3 is 2.44 bits per heavy atom. The fraction of sp³-hybridized carbons (Fsp3) is 0.211. The van der Waals surface area contributed by atoms with E-state index in [1.54, 1.807) is 41.3 Å². The number of likely N-dealkylation sites (tertiary alicyclic amines) is 1. The highest BCUT2D eigenvalue weighted by Gasteiger charge is 2.34. The second-order valence-electron chi connectivity index (χ2n) is 6.25. The molecule has 6 nitrogen and oxygen atoms in total. The molecule has 1 atom stereocenters. The Kier molecular flexibility index (Phi) is 5.01. The number of halogens is 2. The predicted molar refractivity (Wildman–Crippen MR) is 104 cm³/mol. The number of benzene rings is 2. The molecular weight excluding hydrogens is 387 g/mol. The van der Waals surface area contributed by atoms with Crippen LogP contribution in [0.4, 0.5) is 10.5 Å². The summed E-state index contributed by atoms with van der Waals surface area (Å²) < 4.78 is 5.45. The van der Waals surface area contributed by atoms with Gasteiger partial charge in [-0.1, -0.05) is 28.4 Å². The smallest absolute Gasteiger partial charge is 0.322 e. The summed E-state index contributed by atoms with van der Waals surface area (Å²) in [5.41, 5.74) is 1.49. The van der Waals surface area contributed by atoms with Crippen LogP contribution in [0, 0.1) is 0 Å². The Balaban J connectivity index is 1.50. The van der Waals surface area contributed by atoms with E-state index in [0.29, 0.717) is 34.0 Å². The molecule has 2 heterocycles. The SMILES string of the molecule is O=C(Nc1ccc(Cl)cc1)N1CCCC1c1nc(-c2ccc(Cl)cc2)no1. The molecule has 138 valence electrons. The number of hydrogen-bond donors (Lipinski definition) is 1. The molecule has 1 aliphatic heterocycles. The topological polar surface area (TPSA) is 71.3 Å². The van der Waals surface area contributed by atoms with E-state index < -0.39 is 0 Å². The minimum Gasteiger partial charge on any atom is -0.337 e. The molecule has 2 aromatic carbocycles. The van der Waals surface area contributed by atoms with E-state index in [0.717, 1.165) is 18.4 Å². The maximum atomic E-state index is 12.7. The van der Waals surface area contributed by atoms with Crippen molar-refractivity contribution in [2.75, 3.05) is 11.9 Å². The number of nitrogens with one attached hydrogen (secondary N) is 1. The molecule has 0 radical (unpaired) electrons. The lowest BCUT2D eigenvalue weighted by Crippen LogP contribution is -2.34. The highest BCUT2D eigenvalue weighted by Crippen LogP contribution is 2.32. The number of urea groups is 1. The van der Waals surface area contributed by atoms with Gasteiger partial charge in [0.2, 0.25) is 11.7 Å². The Morgan fingerprint density at radius 2 is 1.74 bits per heavy atom. The van der Waals surface area contributed by atoms with Gasteiger partial charge in [-0.15, -0.1) is 0 Å². The summed E-state index contributed by atoms with van der Waals surface area (Å²) in [6.45, 7) is 0.628. The lowest BCUT2D eigenvalue weighted by molar-refractivity contribution is 0.193. The zero-order chi connectivity index (χ0) is 18.8. The van der Waals surface area contributed by atoms with Gasteiger partial charge in [-0.05, 0) is 61.4 Å². The Hall–Kier alpha value is -2.57. The maximum Gasteiger partial charge on any atom is 0.322 e. The summed E-state index contributed by atoms with van der Waals surface area (Å²) in [4.78, 5) is 18.9. The molecule has 3 aromatic rings. The molecule has 0 saturated carbocycles. The van der Waals surface area contributed by atoms with Crippen molar-refractivity contribution < 1.29 is 9.32 Å². The van der Waals surface area contributed by atoms with E-state index in [1.807, 2.05) is 12.1 Å². The van der Waals surface area contributed by atoms with E-state index >= 15 is 0 Å². The van der Waals surface area contributed by atoms with Gasteiger partial charge in [0.1, 0.15) is 6.04 Å². The van der Waals surface area contributed by atoms with E-state index in [9.17, 15) is 4.79 Å². The van der Waals surface area contributed by atoms with Gasteiger partial charge >= 0.3 is 6.03 Å². The predicted octanol–water partition coefficient (Wildman–Crippen LogP) is 5.41. The zero-order valence-corrected chi connectivity index (χ0v) is 15.7. The van der Waals surface area contributed by atoms with Crippen LogP contribution >= 0.6 is 23.2 Å². The molecule has 27 heavy (non-hydrogen) atoms. The first-order chi connectivity index (χ1) is 13.1. The number of amides is 2. The number of nitrogens with zero attached hydrogens (tertiary/aromatic N) is 3. The lowest BCUT2D eigenvalue weighted by Gasteiger charge is -2.22. The molecule has 1 aliphatic rings. The van der Waals surface area contributed by atoms with Crippen molar-refractivity contribution >= 4 is 34.9 Å². The number of hydrogen-bond acceptors (Lipinski definition) is 4. The fourth-order valence-electron chi connectivity index (χ4n) is 3.08. The summed E-state index contributed by atoms with van der Waals surface area (Å²) in [6.07, 6.45) is 1.65. The molecule has 4 rings (SSSR count). The third-order valence-electron chi connectivity index (χ3n) is 4.44. The highest BCUT2D eigenvalue weighted by molar-refractivity contribution is 6.30. The van der Waals surface area contributed by atoms with Crippen LogP contribution in [0.2, 0.25) is 10.0 Å². The van der Waals surface area contributed by atoms with Crippen LogP contribution in [-0.4, -0.2) is 27.6 Å². The van der Waals surface area contributed by atoms with Gasteiger partial charge in [0.15, 0.2) is 0 Å². The van der Waals surface area contributed by atoms with Crippen molar-refractivity contribution in [3.05, 3.63) is 64.5 Å². The van der Waals surface area contributed by atoms with Crippen LogP contribution in [0.15, 0.2) is 53.1 Å². The average Bonchev–Trinajstić information content (AvgIpc) is 3.33. The van der Waals surface area contributed by atoms with E-state index in [2.05, 4.69) is 15.5 Å². The van der Waals surface area contributed by atoms with Gasteiger partial charge in [0, 0.05) is 27.8 Å². The van der Waals surface area contributed by atoms with E-state index in [1.165, 1.54) is 0 Å². The van der Waals surface area contributed by atoms with Gasteiger partial charge in [-0.3, -0.25) is 0 Å². The first-order valence-corrected chi connectivity index (χ1v) is 9.28. The van der Waals surface area contributed by atoms with Crippen molar-refractivity contribution in [2.45, 2.75) is 18.9 Å². The zero-order valence-electron chi connectivity index (χ0n) is 14.2. The number of aromatic nitrogens is 2. The number of carbonyl (C=O) groups excluding carboxylic acids is 1. The van der Waals surface area contributed by atoms with Gasteiger partial charge in [-0.2, -0.15) is 4.98 Å². The van der Waals surface area contributed by atoms with Crippen LogP contribution in [-0.2, 0) is 0 Å². The normalized spacial score (nSPS) is 16.5. The second-order valence-corrected chi connectivity index (χ2v) is 7.12. The minimum absolute atomic E-state index is 0.203. The minimum atomic E-state index is -0.245. The van der Waals surface area contributed by atoms with Crippen molar-refractivity contribution in [1.82, 2.24) is 15.0 Å². The molecule has 0 spiro atoms. The lowest BCUT2D eigenvalue weighted by atomic mass is 10.2. The molecule has 1 fully saturated rings. The molecule has 1 N–H and O–H groups in total.